The number of amides is 2. The van der Waals surface area contributed by atoms with E-state index in [1.807, 2.05) is 38.1 Å². The van der Waals surface area contributed by atoms with E-state index in [0.29, 0.717) is 11.6 Å². The Balaban J connectivity index is 2.18. The molecule has 0 aromatic heterocycles. The molecule has 0 aliphatic heterocycles. The Bertz CT molecular complexity index is 1110. The first-order valence-electron chi connectivity index (χ1n) is 11.0. The third-order valence-electron chi connectivity index (χ3n) is 5.32. The second-order valence-corrected chi connectivity index (χ2v) is 10.9. The molecule has 0 radical (unpaired) electrons. The van der Waals surface area contributed by atoms with Gasteiger partial charge >= 0.3 is 0 Å². The minimum Gasteiger partial charge on any atom is -0.355 e. The molecule has 0 aliphatic carbocycles. The van der Waals surface area contributed by atoms with Crippen molar-refractivity contribution in [1.29, 1.82) is 0 Å². The number of hydrogen-bond acceptors (Lipinski definition) is 4. The Morgan fingerprint density at radius 2 is 1.74 bits per heavy atom. The molecule has 0 aliphatic rings. The van der Waals surface area contributed by atoms with Crippen LogP contribution in [0.4, 0.5) is 5.69 Å². The van der Waals surface area contributed by atoms with E-state index >= 15 is 0 Å². The molecule has 0 bridgehead atoms. The monoisotopic (exact) mass is 527 g/mol. The molecular weight excluding hydrogens is 497 g/mol. The van der Waals surface area contributed by atoms with Crippen LogP contribution in [-0.2, 0) is 26.2 Å². The first-order chi connectivity index (χ1) is 15.9. The van der Waals surface area contributed by atoms with Gasteiger partial charge in [-0.05, 0) is 51.0 Å². The van der Waals surface area contributed by atoms with Crippen molar-refractivity contribution in [2.75, 3.05) is 23.7 Å². The minimum atomic E-state index is -3.66. The van der Waals surface area contributed by atoms with Gasteiger partial charge in [0, 0.05) is 31.1 Å². The summed E-state index contributed by atoms with van der Waals surface area (Å²) in [7, 11) is -3.66. The van der Waals surface area contributed by atoms with Crippen molar-refractivity contribution in [3.05, 3.63) is 63.6 Å². The van der Waals surface area contributed by atoms with Gasteiger partial charge in [-0.3, -0.25) is 13.9 Å². The number of carbonyl (C=O) groups excluding carboxylic acids is 2. The molecule has 2 amide bonds. The van der Waals surface area contributed by atoms with Gasteiger partial charge in [-0.2, -0.15) is 0 Å². The Morgan fingerprint density at radius 3 is 2.32 bits per heavy atom. The van der Waals surface area contributed by atoms with Gasteiger partial charge in [-0.1, -0.05) is 53.0 Å². The lowest BCUT2D eigenvalue weighted by atomic mass is 10.1. The standard InChI is InChI=1S/C24H31Cl2N3O4S/c1-5-27-24(31)18(3)28(16-19-10-8-17(2)9-11-19)23(30)7-6-14-29(34(4,32)33)22-15-20(25)12-13-21(22)26/h8-13,15,18H,5-7,14,16H2,1-4H3,(H,27,31)/t18-/m0/s1. The fraction of sp³-hybridized carbons (Fsp3) is 0.417. The normalized spacial score (nSPS) is 12.2. The summed E-state index contributed by atoms with van der Waals surface area (Å²) < 4.78 is 26.0. The molecule has 0 fully saturated rings. The van der Waals surface area contributed by atoms with Crippen LogP contribution < -0.4 is 9.62 Å². The van der Waals surface area contributed by atoms with Crippen LogP contribution in [0.5, 0.6) is 0 Å². The van der Waals surface area contributed by atoms with Gasteiger partial charge in [0.2, 0.25) is 21.8 Å². The number of carbonyl (C=O) groups is 2. The minimum absolute atomic E-state index is 0.0402. The molecule has 1 N–H and O–H groups in total. The van der Waals surface area contributed by atoms with Crippen molar-refractivity contribution in [2.45, 2.75) is 46.2 Å². The van der Waals surface area contributed by atoms with Crippen LogP contribution in [0.25, 0.3) is 0 Å². The van der Waals surface area contributed by atoms with E-state index in [9.17, 15) is 18.0 Å². The summed E-state index contributed by atoms with van der Waals surface area (Å²) in [4.78, 5) is 27.2. The predicted molar refractivity (Wildman–Crippen MR) is 138 cm³/mol. The lowest BCUT2D eigenvalue weighted by Crippen LogP contribution is -2.47. The lowest BCUT2D eigenvalue weighted by Gasteiger charge is -2.29. The van der Waals surface area contributed by atoms with Gasteiger partial charge in [0.25, 0.3) is 0 Å². The maximum atomic E-state index is 13.2. The summed E-state index contributed by atoms with van der Waals surface area (Å²) in [6.07, 6.45) is 1.37. The summed E-state index contributed by atoms with van der Waals surface area (Å²) in [6, 6.07) is 11.7. The fourth-order valence-corrected chi connectivity index (χ4v) is 4.86. The molecule has 0 saturated carbocycles. The van der Waals surface area contributed by atoms with Crippen LogP contribution in [0.1, 0.15) is 37.8 Å². The molecule has 2 rings (SSSR count). The molecular formula is C24H31Cl2N3O4S. The van der Waals surface area contributed by atoms with Crippen LogP contribution in [-0.4, -0.2) is 50.5 Å². The molecule has 0 unspecified atom stereocenters. The van der Waals surface area contributed by atoms with Gasteiger partial charge < -0.3 is 10.2 Å². The lowest BCUT2D eigenvalue weighted by molar-refractivity contribution is -0.140. The van der Waals surface area contributed by atoms with Gasteiger partial charge in [-0.25, -0.2) is 8.42 Å². The molecule has 34 heavy (non-hydrogen) atoms. The maximum Gasteiger partial charge on any atom is 0.242 e. The Hall–Kier alpha value is -2.29. The second-order valence-electron chi connectivity index (χ2n) is 8.11. The summed E-state index contributed by atoms with van der Waals surface area (Å²) in [5, 5.41) is 3.35. The summed E-state index contributed by atoms with van der Waals surface area (Å²) >= 11 is 12.2. The molecule has 0 saturated heterocycles. The van der Waals surface area contributed by atoms with Crippen molar-refractivity contribution in [2.24, 2.45) is 0 Å². The highest BCUT2D eigenvalue weighted by atomic mass is 35.5. The fourth-order valence-electron chi connectivity index (χ4n) is 3.45. The number of anilines is 1. The topological polar surface area (TPSA) is 86.8 Å². The Morgan fingerprint density at radius 1 is 1.09 bits per heavy atom. The van der Waals surface area contributed by atoms with E-state index < -0.39 is 16.1 Å². The van der Waals surface area contributed by atoms with Gasteiger partial charge in [0.1, 0.15) is 6.04 Å². The third kappa shape index (κ3) is 7.89. The Kier molecular flexibility index (Phi) is 10.2. The van der Waals surface area contributed by atoms with Crippen LogP contribution in [0.15, 0.2) is 42.5 Å². The zero-order chi connectivity index (χ0) is 25.5. The van der Waals surface area contributed by atoms with Crippen molar-refractivity contribution in [1.82, 2.24) is 10.2 Å². The van der Waals surface area contributed by atoms with Gasteiger partial charge in [0.05, 0.1) is 17.0 Å². The zero-order valence-corrected chi connectivity index (χ0v) is 22.2. The van der Waals surface area contributed by atoms with Crippen molar-refractivity contribution in [3.63, 3.8) is 0 Å². The van der Waals surface area contributed by atoms with Gasteiger partial charge in [-0.15, -0.1) is 0 Å². The second kappa shape index (κ2) is 12.4. The Labute approximate surface area is 212 Å². The average Bonchev–Trinajstić information content (AvgIpc) is 2.77. The number of likely N-dealkylation sites (N-methyl/N-ethyl adjacent to an activating group) is 1. The van der Waals surface area contributed by atoms with Crippen molar-refractivity contribution < 1.29 is 18.0 Å². The van der Waals surface area contributed by atoms with Gasteiger partial charge in [0.15, 0.2) is 0 Å². The first kappa shape index (κ1) is 28.0. The predicted octanol–water partition coefficient (Wildman–Crippen LogP) is 4.40. The molecule has 2 aromatic carbocycles. The zero-order valence-electron chi connectivity index (χ0n) is 19.8. The smallest absolute Gasteiger partial charge is 0.242 e. The number of sulfonamides is 1. The number of rotatable bonds is 11. The van der Waals surface area contributed by atoms with Crippen LogP contribution >= 0.6 is 23.2 Å². The number of halogens is 2. The van der Waals surface area contributed by atoms with E-state index in [-0.39, 0.29) is 48.5 Å². The molecule has 7 nitrogen and oxygen atoms in total. The van der Waals surface area contributed by atoms with Crippen molar-refractivity contribution in [3.8, 4) is 0 Å². The van der Waals surface area contributed by atoms with E-state index in [1.54, 1.807) is 13.0 Å². The molecule has 1 atom stereocenters. The summed E-state index contributed by atoms with van der Waals surface area (Å²) in [5.41, 5.74) is 2.26. The average molecular weight is 529 g/mol. The van der Waals surface area contributed by atoms with E-state index in [1.165, 1.54) is 17.0 Å². The molecule has 0 spiro atoms. The number of hydrogen-bond donors (Lipinski definition) is 1. The quantitative estimate of drug-likeness (QED) is 0.469. The van der Waals surface area contributed by atoms with E-state index in [0.717, 1.165) is 21.7 Å². The number of nitrogens with one attached hydrogen (secondary N) is 1. The van der Waals surface area contributed by atoms with Crippen molar-refractivity contribution >= 4 is 50.7 Å². The van der Waals surface area contributed by atoms with Crippen LogP contribution in [0, 0.1) is 6.92 Å². The maximum absolute atomic E-state index is 13.2. The van der Waals surface area contributed by atoms with E-state index in [4.69, 9.17) is 23.2 Å². The SMILES string of the molecule is CCNC(=O)[C@H](C)N(Cc1ccc(C)cc1)C(=O)CCCN(c1cc(Cl)ccc1Cl)S(C)(=O)=O. The number of benzene rings is 2. The van der Waals surface area contributed by atoms with E-state index in [2.05, 4.69) is 5.32 Å². The molecule has 10 heteroatoms. The molecule has 186 valence electrons. The highest BCUT2D eigenvalue weighted by Gasteiger charge is 2.26. The first-order valence-corrected chi connectivity index (χ1v) is 13.6. The molecule has 2 aromatic rings. The highest BCUT2D eigenvalue weighted by Crippen LogP contribution is 2.31. The van der Waals surface area contributed by atoms with Crippen LogP contribution in [0.3, 0.4) is 0 Å². The largest absolute Gasteiger partial charge is 0.355 e. The van der Waals surface area contributed by atoms with Crippen LogP contribution in [0.2, 0.25) is 10.0 Å². The number of nitrogens with zero attached hydrogens (tertiary/aromatic N) is 2. The summed E-state index contributed by atoms with van der Waals surface area (Å²) in [6.45, 7) is 6.25. The highest BCUT2D eigenvalue weighted by molar-refractivity contribution is 7.92. The number of aryl methyl sites for hydroxylation is 1. The third-order valence-corrected chi connectivity index (χ3v) is 7.06. The summed E-state index contributed by atoms with van der Waals surface area (Å²) in [5.74, 6) is -0.489. The molecule has 0 heterocycles.